The monoisotopic (exact) mass is 603 g/mol. The van der Waals surface area contributed by atoms with E-state index in [2.05, 4.69) is 165 Å². The van der Waals surface area contributed by atoms with E-state index in [0.29, 0.717) is 0 Å². The van der Waals surface area contributed by atoms with Gasteiger partial charge in [0.05, 0.1) is 33.1 Å². The quantitative estimate of drug-likeness (QED) is 0.191. The first kappa shape index (κ1) is 24.5. The maximum absolute atomic E-state index is 2.49. The molecule has 0 aliphatic carbocycles. The normalized spacial score (nSPS) is 12.3. The van der Waals surface area contributed by atoms with Gasteiger partial charge in [0.2, 0.25) is 0 Å². The van der Waals surface area contributed by atoms with Crippen molar-refractivity contribution >= 4 is 86.2 Å². The van der Waals surface area contributed by atoms with E-state index in [1.165, 1.54) is 91.9 Å². The molecule has 0 spiro atoms. The fourth-order valence-corrected chi connectivity index (χ4v) is 9.16. The van der Waals surface area contributed by atoms with Crippen LogP contribution < -0.4 is 0 Å². The summed E-state index contributed by atoms with van der Waals surface area (Å²) in [4.78, 5) is 0. The number of hydrogen-bond donors (Lipinski definition) is 0. The molecular weight excluding hydrogens is 579 g/mol. The van der Waals surface area contributed by atoms with Crippen LogP contribution in [0.15, 0.2) is 152 Å². The van der Waals surface area contributed by atoms with E-state index in [4.69, 9.17) is 0 Å². The van der Waals surface area contributed by atoms with Crippen molar-refractivity contribution in [2.45, 2.75) is 0 Å². The highest BCUT2D eigenvalue weighted by atomic mass is 32.1. The van der Waals surface area contributed by atoms with Gasteiger partial charge in [0.1, 0.15) is 0 Å². The van der Waals surface area contributed by atoms with Crippen molar-refractivity contribution in [3.63, 3.8) is 0 Å². The van der Waals surface area contributed by atoms with Gasteiger partial charge in [0.25, 0.3) is 0 Å². The molecule has 0 unspecified atom stereocenters. The topological polar surface area (TPSA) is 14.8 Å². The predicted molar refractivity (Wildman–Crippen MR) is 196 cm³/mol. The highest BCUT2D eigenvalue weighted by Crippen LogP contribution is 2.48. The van der Waals surface area contributed by atoms with E-state index in [1.807, 2.05) is 11.3 Å². The van der Waals surface area contributed by atoms with Crippen LogP contribution in [-0.4, -0.2) is 13.7 Å². The Morgan fingerprint density at radius 1 is 0.304 bits per heavy atom. The molecule has 0 N–H and O–H groups in total. The summed E-state index contributed by atoms with van der Waals surface area (Å²) >= 11 is 1.90. The molecule has 7 aromatic carbocycles. The zero-order chi connectivity index (χ0) is 29.9. The van der Waals surface area contributed by atoms with Gasteiger partial charge in [-0.2, -0.15) is 0 Å². The summed E-state index contributed by atoms with van der Waals surface area (Å²) < 4.78 is 9.94. The number of fused-ring (bicyclic) bond motifs is 3. The zero-order valence-electron chi connectivity index (χ0n) is 24.7. The molecule has 4 heterocycles. The first-order valence-corrected chi connectivity index (χ1v) is 16.5. The van der Waals surface area contributed by atoms with Gasteiger partial charge in [0, 0.05) is 58.8 Å². The third-order valence-electron chi connectivity index (χ3n) is 9.80. The Bertz CT molecular complexity index is 2950. The fraction of sp³-hybridized carbons (Fsp3) is 0. The lowest BCUT2D eigenvalue weighted by Gasteiger charge is -2.11. The molecule has 46 heavy (non-hydrogen) atoms. The standard InChI is InChI=1S/C42H25N3S/c1-3-11-26(12-4-1)43-31-16-8-7-15-29(31)30-25-28(21-22-32(30)43)45-34-18-10-20-38-40(34)42-36(45)24-23-35-41(42)39-33(17-9-19-37(39)46-38)44(35)27-13-5-2-6-14-27/h1-25H. The van der Waals surface area contributed by atoms with Crippen LogP contribution in [0.2, 0.25) is 0 Å². The summed E-state index contributed by atoms with van der Waals surface area (Å²) in [7, 11) is 0. The van der Waals surface area contributed by atoms with Crippen molar-refractivity contribution in [3.8, 4) is 17.1 Å². The second kappa shape index (κ2) is 8.87. The molecule has 3 nitrogen and oxygen atoms in total. The molecule has 0 fully saturated rings. The Hall–Kier alpha value is -5.84. The van der Waals surface area contributed by atoms with Gasteiger partial charge in [-0.3, -0.25) is 0 Å². The van der Waals surface area contributed by atoms with Crippen LogP contribution >= 0.6 is 11.3 Å². The average molecular weight is 604 g/mol. The van der Waals surface area contributed by atoms with Crippen LogP contribution in [0.5, 0.6) is 0 Å². The fourth-order valence-electron chi connectivity index (χ4n) is 8.01. The number of aromatic nitrogens is 3. The molecule has 11 rings (SSSR count). The second-order valence-corrected chi connectivity index (χ2v) is 13.2. The molecule has 0 saturated carbocycles. The third-order valence-corrected chi connectivity index (χ3v) is 10.9. The Kier molecular flexibility index (Phi) is 4.72. The Morgan fingerprint density at radius 3 is 1.39 bits per heavy atom. The molecule has 0 radical (unpaired) electrons. The molecule has 0 aliphatic rings. The molecule has 0 atom stereocenters. The van der Waals surface area contributed by atoms with E-state index in [1.54, 1.807) is 0 Å². The molecule has 0 amide bonds. The molecule has 0 saturated heterocycles. The molecule has 4 heteroatoms. The van der Waals surface area contributed by atoms with Crippen LogP contribution in [0.1, 0.15) is 0 Å². The lowest BCUT2D eigenvalue weighted by atomic mass is 10.1. The molecular formula is C42H25N3S. The van der Waals surface area contributed by atoms with Crippen LogP contribution in [-0.2, 0) is 0 Å². The largest absolute Gasteiger partial charge is 0.309 e. The van der Waals surface area contributed by atoms with Crippen LogP contribution in [0.3, 0.4) is 0 Å². The predicted octanol–water partition coefficient (Wildman–Crippen LogP) is 11.6. The van der Waals surface area contributed by atoms with E-state index in [9.17, 15) is 0 Å². The van der Waals surface area contributed by atoms with E-state index < -0.39 is 0 Å². The van der Waals surface area contributed by atoms with Crippen molar-refractivity contribution in [1.82, 2.24) is 13.7 Å². The first-order valence-electron chi connectivity index (χ1n) is 15.7. The number of nitrogens with zero attached hydrogens (tertiary/aromatic N) is 3. The van der Waals surface area contributed by atoms with Gasteiger partial charge < -0.3 is 13.7 Å². The van der Waals surface area contributed by atoms with E-state index in [-0.39, 0.29) is 0 Å². The van der Waals surface area contributed by atoms with Gasteiger partial charge in [-0.15, -0.1) is 11.3 Å². The summed E-state index contributed by atoms with van der Waals surface area (Å²) in [6, 6.07) is 55.5. The van der Waals surface area contributed by atoms with Gasteiger partial charge in [0.15, 0.2) is 0 Å². The minimum absolute atomic E-state index is 1.18. The van der Waals surface area contributed by atoms with Crippen molar-refractivity contribution < 1.29 is 0 Å². The Labute approximate surface area is 267 Å². The highest BCUT2D eigenvalue weighted by molar-refractivity contribution is 7.24. The minimum Gasteiger partial charge on any atom is -0.309 e. The molecule has 0 aliphatic heterocycles. The zero-order valence-corrected chi connectivity index (χ0v) is 25.5. The van der Waals surface area contributed by atoms with Crippen molar-refractivity contribution in [2.75, 3.05) is 0 Å². The van der Waals surface area contributed by atoms with Gasteiger partial charge >= 0.3 is 0 Å². The molecule has 4 aromatic heterocycles. The van der Waals surface area contributed by atoms with Crippen molar-refractivity contribution in [3.05, 3.63) is 152 Å². The molecule has 0 bridgehead atoms. The van der Waals surface area contributed by atoms with Crippen LogP contribution in [0.25, 0.3) is 91.9 Å². The van der Waals surface area contributed by atoms with Crippen LogP contribution in [0.4, 0.5) is 0 Å². The maximum atomic E-state index is 2.49. The van der Waals surface area contributed by atoms with Gasteiger partial charge in [-0.1, -0.05) is 66.7 Å². The molecule has 214 valence electrons. The van der Waals surface area contributed by atoms with Gasteiger partial charge in [-0.05, 0) is 84.9 Å². The smallest absolute Gasteiger partial charge is 0.0555 e. The summed E-state index contributed by atoms with van der Waals surface area (Å²) in [6.45, 7) is 0. The number of rotatable bonds is 3. The second-order valence-electron chi connectivity index (χ2n) is 12.2. The van der Waals surface area contributed by atoms with Crippen LogP contribution in [0, 0.1) is 0 Å². The first-order chi connectivity index (χ1) is 22.8. The minimum atomic E-state index is 1.18. The number of para-hydroxylation sites is 3. The summed E-state index contributed by atoms with van der Waals surface area (Å²) in [5, 5.41) is 7.88. The van der Waals surface area contributed by atoms with E-state index in [0.717, 1.165) is 0 Å². The summed E-state index contributed by atoms with van der Waals surface area (Å²) in [5.74, 6) is 0. The van der Waals surface area contributed by atoms with Gasteiger partial charge in [-0.25, -0.2) is 0 Å². The maximum Gasteiger partial charge on any atom is 0.0555 e. The summed E-state index contributed by atoms with van der Waals surface area (Å²) in [5.41, 5.74) is 11.0. The average Bonchev–Trinajstić information content (AvgIpc) is 3.71. The lowest BCUT2D eigenvalue weighted by Crippen LogP contribution is -1.96. The lowest BCUT2D eigenvalue weighted by molar-refractivity contribution is 1.16. The van der Waals surface area contributed by atoms with Crippen molar-refractivity contribution in [2.24, 2.45) is 0 Å². The van der Waals surface area contributed by atoms with Crippen molar-refractivity contribution in [1.29, 1.82) is 0 Å². The Balaban J connectivity index is 1.29. The molecule has 11 aromatic rings. The number of hydrogen-bond acceptors (Lipinski definition) is 1. The third kappa shape index (κ3) is 3.06. The summed E-state index contributed by atoms with van der Waals surface area (Å²) in [6.07, 6.45) is 0. The SMILES string of the molecule is c1ccc(-n2c3ccccc3c3cc(-n4c5cccc6sc7cccc8c7c7c(c65)c4ccc7n8-c4ccccc4)ccc32)cc1. The Morgan fingerprint density at radius 2 is 0.761 bits per heavy atom. The van der Waals surface area contributed by atoms with E-state index >= 15 is 0 Å². The number of benzene rings is 7. The highest BCUT2D eigenvalue weighted by Gasteiger charge is 2.24.